The standard InChI is InChI=1S/C26H34N2O4/c1-19(2)23(28-25(30)31-18-21-14-10-7-11-15-21)17-27-22(24(29)32-26(3,4)5)16-20-12-8-6-9-13-20/h6-15,17,19,22-23H,16,18H2,1-5H3,(H,28,30)/t22-,23+/m0/s1. The average Bonchev–Trinajstić information content (AvgIpc) is 2.74. The summed E-state index contributed by atoms with van der Waals surface area (Å²) in [6.45, 7) is 9.60. The summed E-state index contributed by atoms with van der Waals surface area (Å²) < 4.78 is 10.9. The number of amides is 1. The van der Waals surface area contributed by atoms with E-state index in [1.807, 2.05) is 95.3 Å². The van der Waals surface area contributed by atoms with Crippen molar-refractivity contribution in [2.75, 3.05) is 0 Å². The molecule has 2 atom stereocenters. The molecule has 0 radical (unpaired) electrons. The van der Waals surface area contributed by atoms with Crippen molar-refractivity contribution < 1.29 is 19.1 Å². The van der Waals surface area contributed by atoms with Crippen molar-refractivity contribution in [2.24, 2.45) is 10.9 Å². The number of ether oxygens (including phenoxy) is 2. The number of alkyl carbamates (subject to hydrolysis) is 1. The second kappa shape index (κ2) is 12.0. The molecule has 172 valence electrons. The quantitative estimate of drug-likeness (QED) is 0.443. The Morgan fingerprint density at radius 1 is 0.969 bits per heavy atom. The number of rotatable bonds is 9. The summed E-state index contributed by atoms with van der Waals surface area (Å²) in [6.07, 6.45) is 1.50. The summed E-state index contributed by atoms with van der Waals surface area (Å²) >= 11 is 0. The van der Waals surface area contributed by atoms with Gasteiger partial charge in [-0.15, -0.1) is 0 Å². The Morgan fingerprint density at radius 3 is 2.06 bits per heavy atom. The third-order valence-corrected chi connectivity index (χ3v) is 4.59. The Labute approximate surface area is 191 Å². The predicted octanol–water partition coefficient (Wildman–Crippen LogP) is 4.96. The molecule has 6 nitrogen and oxygen atoms in total. The first-order valence-electron chi connectivity index (χ1n) is 10.9. The first-order valence-corrected chi connectivity index (χ1v) is 10.9. The lowest BCUT2D eigenvalue weighted by Crippen LogP contribution is -2.41. The van der Waals surface area contributed by atoms with Gasteiger partial charge in [0.2, 0.25) is 0 Å². The zero-order valence-electron chi connectivity index (χ0n) is 19.6. The van der Waals surface area contributed by atoms with Crippen LogP contribution in [0.1, 0.15) is 45.7 Å². The van der Waals surface area contributed by atoms with E-state index in [2.05, 4.69) is 10.3 Å². The van der Waals surface area contributed by atoms with E-state index < -0.39 is 23.7 Å². The van der Waals surface area contributed by atoms with Crippen molar-refractivity contribution in [1.29, 1.82) is 0 Å². The number of nitrogens with one attached hydrogen (secondary N) is 1. The largest absolute Gasteiger partial charge is 0.458 e. The lowest BCUT2D eigenvalue weighted by molar-refractivity contribution is -0.156. The summed E-state index contributed by atoms with van der Waals surface area (Å²) in [6, 6.07) is 18.1. The molecule has 0 fully saturated rings. The van der Waals surface area contributed by atoms with Crippen molar-refractivity contribution >= 4 is 18.3 Å². The molecule has 2 aromatic carbocycles. The van der Waals surface area contributed by atoms with Gasteiger partial charge in [-0.25, -0.2) is 9.59 Å². The molecular weight excluding hydrogens is 404 g/mol. The molecule has 32 heavy (non-hydrogen) atoms. The van der Waals surface area contributed by atoms with E-state index in [1.165, 1.54) is 0 Å². The van der Waals surface area contributed by atoms with Crippen LogP contribution in [0.2, 0.25) is 0 Å². The molecule has 0 spiro atoms. The van der Waals surface area contributed by atoms with Gasteiger partial charge in [-0.1, -0.05) is 74.5 Å². The van der Waals surface area contributed by atoms with Gasteiger partial charge in [0.05, 0.1) is 6.04 Å². The third-order valence-electron chi connectivity index (χ3n) is 4.59. The fourth-order valence-corrected chi connectivity index (χ4v) is 2.88. The van der Waals surface area contributed by atoms with E-state index in [0.29, 0.717) is 6.42 Å². The molecule has 0 aliphatic carbocycles. The van der Waals surface area contributed by atoms with Gasteiger partial charge in [-0.3, -0.25) is 4.99 Å². The Hall–Kier alpha value is -3.15. The van der Waals surface area contributed by atoms with Gasteiger partial charge in [0.25, 0.3) is 0 Å². The number of aliphatic imine (C=N–C) groups is 1. The molecule has 0 unspecified atom stereocenters. The number of carbonyl (C=O) groups excluding carboxylic acids is 2. The van der Waals surface area contributed by atoms with Crippen LogP contribution in [-0.2, 0) is 27.3 Å². The summed E-state index contributed by atoms with van der Waals surface area (Å²) in [5, 5.41) is 2.83. The smallest absolute Gasteiger partial charge is 0.407 e. The molecule has 2 aromatic rings. The lowest BCUT2D eigenvalue weighted by atomic mass is 10.0. The SMILES string of the molecule is CC(C)[C@@H](C=N[C@@H](Cc1ccccc1)C(=O)OC(C)(C)C)NC(=O)OCc1ccccc1. The number of nitrogens with zero attached hydrogens (tertiary/aromatic N) is 1. The average molecular weight is 439 g/mol. The zero-order valence-corrected chi connectivity index (χ0v) is 19.6. The van der Waals surface area contributed by atoms with E-state index in [0.717, 1.165) is 11.1 Å². The highest BCUT2D eigenvalue weighted by molar-refractivity contribution is 5.81. The minimum absolute atomic E-state index is 0.0547. The van der Waals surface area contributed by atoms with Crippen molar-refractivity contribution in [3.63, 3.8) is 0 Å². The number of hydrogen-bond acceptors (Lipinski definition) is 5. The van der Waals surface area contributed by atoms with E-state index in [1.54, 1.807) is 6.21 Å². The number of esters is 1. The van der Waals surface area contributed by atoms with Crippen molar-refractivity contribution in [2.45, 2.75) is 65.3 Å². The van der Waals surface area contributed by atoms with Crippen molar-refractivity contribution in [3.8, 4) is 0 Å². The van der Waals surface area contributed by atoms with E-state index >= 15 is 0 Å². The van der Waals surface area contributed by atoms with Crippen LogP contribution in [0.5, 0.6) is 0 Å². The first-order chi connectivity index (χ1) is 15.1. The Balaban J connectivity index is 2.07. The van der Waals surface area contributed by atoms with Crippen LogP contribution in [-0.4, -0.2) is 36.0 Å². The van der Waals surface area contributed by atoms with Crippen LogP contribution in [0.15, 0.2) is 65.7 Å². The summed E-state index contributed by atoms with van der Waals surface area (Å²) in [5.41, 5.74) is 1.28. The van der Waals surface area contributed by atoms with Crippen molar-refractivity contribution in [3.05, 3.63) is 71.8 Å². The van der Waals surface area contributed by atoms with Crippen LogP contribution in [0.25, 0.3) is 0 Å². The molecule has 0 aromatic heterocycles. The highest BCUT2D eigenvalue weighted by atomic mass is 16.6. The second-order valence-corrected chi connectivity index (χ2v) is 9.01. The van der Waals surface area contributed by atoms with Crippen LogP contribution >= 0.6 is 0 Å². The highest BCUT2D eigenvalue weighted by Crippen LogP contribution is 2.14. The lowest BCUT2D eigenvalue weighted by Gasteiger charge is -2.23. The Bertz CT molecular complexity index is 874. The monoisotopic (exact) mass is 438 g/mol. The molecule has 2 rings (SSSR count). The third kappa shape index (κ3) is 9.33. The molecule has 1 N–H and O–H groups in total. The highest BCUT2D eigenvalue weighted by Gasteiger charge is 2.25. The maximum absolute atomic E-state index is 12.8. The van der Waals surface area contributed by atoms with E-state index in [9.17, 15) is 9.59 Å². The Kier molecular flexibility index (Phi) is 9.44. The fraction of sp³-hybridized carbons (Fsp3) is 0.423. The van der Waals surface area contributed by atoms with Gasteiger partial charge in [-0.05, 0) is 37.8 Å². The van der Waals surface area contributed by atoms with Gasteiger partial charge in [-0.2, -0.15) is 0 Å². The summed E-state index contributed by atoms with van der Waals surface area (Å²) in [7, 11) is 0. The topological polar surface area (TPSA) is 77.0 Å². The summed E-state index contributed by atoms with van der Waals surface area (Å²) in [5.74, 6) is -0.342. The molecule has 1 amide bonds. The molecule has 0 saturated carbocycles. The molecule has 0 bridgehead atoms. The van der Waals surface area contributed by atoms with Crippen LogP contribution in [0, 0.1) is 5.92 Å². The van der Waals surface area contributed by atoms with Gasteiger partial charge >= 0.3 is 12.1 Å². The second-order valence-electron chi connectivity index (χ2n) is 9.01. The van der Waals surface area contributed by atoms with Gasteiger partial charge < -0.3 is 14.8 Å². The minimum Gasteiger partial charge on any atom is -0.458 e. The number of benzene rings is 2. The molecule has 0 aliphatic heterocycles. The van der Waals surface area contributed by atoms with Crippen LogP contribution in [0.4, 0.5) is 4.79 Å². The fourth-order valence-electron chi connectivity index (χ4n) is 2.88. The maximum Gasteiger partial charge on any atom is 0.407 e. The molecule has 0 saturated heterocycles. The first kappa shape index (κ1) is 25.1. The molecule has 0 aliphatic rings. The number of hydrogen-bond donors (Lipinski definition) is 1. The number of carbonyl (C=O) groups is 2. The van der Waals surface area contributed by atoms with Gasteiger partial charge in [0, 0.05) is 12.6 Å². The Morgan fingerprint density at radius 2 is 1.53 bits per heavy atom. The predicted molar refractivity (Wildman–Crippen MR) is 127 cm³/mol. The summed E-state index contributed by atoms with van der Waals surface area (Å²) in [4.78, 5) is 29.6. The zero-order chi connectivity index (χ0) is 23.6. The molecular formula is C26H34N2O4. The van der Waals surface area contributed by atoms with Crippen LogP contribution < -0.4 is 5.32 Å². The van der Waals surface area contributed by atoms with Crippen LogP contribution in [0.3, 0.4) is 0 Å². The van der Waals surface area contributed by atoms with E-state index in [-0.39, 0.29) is 18.6 Å². The van der Waals surface area contributed by atoms with E-state index in [4.69, 9.17) is 9.47 Å². The minimum atomic E-state index is -0.708. The molecule has 6 heteroatoms. The normalized spacial score (nSPS) is 13.6. The van der Waals surface area contributed by atoms with Gasteiger partial charge in [0.1, 0.15) is 12.2 Å². The maximum atomic E-state index is 12.8. The van der Waals surface area contributed by atoms with Gasteiger partial charge in [0.15, 0.2) is 6.04 Å². The van der Waals surface area contributed by atoms with Crippen molar-refractivity contribution in [1.82, 2.24) is 5.32 Å². The molecule has 0 heterocycles.